The van der Waals surface area contributed by atoms with Gasteiger partial charge >= 0.3 is 0 Å². The van der Waals surface area contributed by atoms with Crippen LogP contribution in [0.4, 0.5) is 10.9 Å². The van der Waals surface area contributed by atoms with Crippen molar-refractivity contribution in [2.75, 3.05) is 11.9 Å². The van der Waals surface area contributed by atoms with Crippen molar-refractivity contribution in [3.8, 4) is 0 Å². The Bertz CT molecular complexity index is 989. The third-order valence-electron chi connectivity index (χ3n) is 5.66. The van der Waals surface area contributed by atoms with E-state index in [4.69, 9.17) is 10.1 Å². The minimum absolute atomic E-state index is 0.344. The number of hydrogen-bond donors (Lipinski definition) is 1. The molecule has 3 aromatic rings. The number of thiazole rings is 1. The number of likely N-dealkylation sites (tertiary alicyclic amines) is 1. The lowest BCUT2D eigenvalue weighted by Crippen LogP contribution is -2.24. The molecule has 0 radical (unpaired) electrons. The van der Waals surface area contributed by atoms with Crippen LogP contribution in [0.15, 0.2) is 24.4 Å². The van der Waals surface area contributed by atoms with Crippen LogP contribution in [-0.4, -0.2) is 31.2 Å². The Labute approximate surface area is 177 Å². The number of pyridine rings is 1. The molecule has 6 nitrogen and oxygen atoms in total. The maximum atomic E-state index is 4.92. The maximum Gasteiger partial charge on any atom is 0.188 e. The predicted octanol–water partition coefficient (Wildman–Crippen LogP) is 5.32. The molecule has 0 aliphatic carbocycles. The fourth-order valence-electron chi connectivity index (χ4n) is 4.21. The highest BCUT2D eigenvalue weighted by Gasteiger charge is 2.29. The molecular formula is C22H30N6S. The van der Waals surface area contributed by atoms with E-state index in [1.807, 2.05) is 12.3 Å². The highest BCUT2D eigenvalue weighted by atomic mass is 32.1. The summed E-state index contributed by atoms with van der Waals surface area (Å²) >= 11 is 1.65. The number of aromatic nitrogens is 4. The number of nitrogens with one attached hydrogen (secondary N) is 1. The molecule has 0 spiro atoms. The zero-order valence-corrected chi connectivity index (χ0v) is 18.8. The first kappa shape index (κ1) is 20.0. The summed E-state index contributed by atoms with van der Waals surface area (Å²) in [6.07, 6.45) is 4.23. The lowest BCUT2D eigenvalue weighted by atomic mass is 10.1. The standard InChI is InChI=1S/C22H30N6S/c1-14(2)28-17(5)18(16(4)26-28)13-27-11-7-9-20(27)19-8-6-10-21(24-19)25-22-23-12-15(3)29-22/h6,8,10,12,14,20H,7,9,11,13H2,1-5H3,(H,23,24,25)/t20-/m1/s1. The average molecular weight is 411 g/mol. The summed E-state index contributed by atoms with van der Waals surface area (Å²) < 4.78 is 2.15. The summed E-state index contributed by atoms with van der Waals surface area (Å²) in [5.41, 5.74) is 4.92. The van der Waals surface area contributed by atoms with Crippen LogP contribution in [0.5, 0.6) is 0 Å². The lowest BCUT2D eigenvalue weighted by molar-refractivity contribution is 0.243. The van der Waals surface area contributed by atoms with Gasteiger partial charge in [-0.2, -0.15) is 5.10 Å². The van der Waals surface area contributed by atoms with E-state index in [9.17, 15) is 0 Å². The molecule has 7 heteroatoms. The molecule has 29 heavy (non-hydrogen) atoms. The number of rotatable bonds is 6. The van der Waals surface area contributed by atoms with Crippen molar-refractivity contribution < 1.29 is 0 Å². The number of hydrogen-bond acceptors (Lipinski definition) is 6. The largest absolute Gasteiger partial charge is 0.316 e. The predicted molar refractivity (Wildman–Crippen MR) is 119 cm³/mol. The van der Waals surface area contributed by atoms with Crippen LogP contribution in [0, 0.1) is 20.8 Å². The van der Waals surface area contributed by atoms with E-state index in [0.717, 1.165) is 41.8 Å². The van der Waals surface area contributed by atoms with Crippen molar-refractivity contribution in [3.63, 3.8) is 0 Å². The molecule has 0 amide bonds. The minimum atomic E-state index is 0.344. The molecule has 4 heterocycles. The maximum absolute atomic E-state index is 4.92. The van der Waals surface area contributed by atoms with Gasteiger partial charge in [-0.25, -0.2) is 9.97 Å². The summed E-state index contributed by atoms with van der Waals surface area (Å²) in [5, 5.41) is 9.01. The normalized spacial score (nSPS) is 17.4. The average Bonchev–Trinajstić information content (AvgIpc) is 3.38. The van der Waals surface area contributed by atoms with Crippen LogP contribution in [0.1, 0.15) is 66.3 Å². The van der Waals surface area contributed by atoms with Gasteiger partial charge in [-0.05, 0) is 66.1 Å². The molecule has 0 saturated carbocycles. The summed E-state index contributed by atoms with van der Waals surface area (Å²) in [5.74, 6) is 0.865. The molecular weight excluding hydrogens is 380 g/mol. The van der Waals surface area contributed by atoms with Crippen LogP contribution >= 0.6 is 11.3 Å². The molecule has 1 aliphatic heterocycles. The second kappa shape index (κ2) is 8.24. The van der Waals surface area contributed by atoms with Crippen molar-refractivity contribution in [2.45, 2.75) is 66.1 Å². The van der Waals surface area contributed by atoms with E-state index >= 15 is 0 Å². The molecule has 4 rings (SSSR count). The Balaban J connectivity index is 1.54. The third kappa shape index (κ3) is 4.21. The quantitative estimate of drug-likeness (QED) is 0.596. The molecule has 154 valence electrons. The second-order valence-electron chi connectivity index (χ2n) is 8.16. The van der Waals surface area contributed by atoms with Crippen molar-refractivity contribution in [3.05, 3.63) is 51.9 Å². The van der Waals surface area contributed by atoms with Gasteiger partial charge in [0, 0.05) is 34.9 Å². The zero-order chi connectivity index (χ0) is 20.5. The summed E-state index contributed by atoms with van der Waals surface area (Å²) in [6.45, 7) is 12.8. The molecule has 1 saturated heterocycles. The first-order valence-corrected chi connectivity index (χ1v) is 11.2. The molecule has 0 unspecified atom stereocenters. The summed E-state index contributed by atoms with van der Waals surface area (Å²) in [6, 6.07) is 6.99. The Morgan fingerprint density at radius 2 is 2.07 bits per heavy atom. The monoisotopic (exact) mass is 410 g/mol. The Morgan fingerprint density at radius 1 is 1.24 bits per heavy atom. The molecule has 1 fully saturated rings. The van der Waals surface area contributed by atoms with E-state index in [2.05, 4.69) is 66.6 Å². The molecule has 1 aliphatic rings. The summed E-state index contributed by atoms with van der Waals surface area (Å²) in [4.78, 5) is 13.1. The first-order valence-electron chi connectivity index (χ1n) is 10.4. The lowest BCUT2D eigenvalue weighted by Gasteiger charge is -2.24. The van der Waals surface area contributed by atoms with E-state index in [1.165, 1.54) is 22.6 Å². The Kier molecular flexibility index (Phi) is 5.69. The van der Waals surface area contributed by atoms with Crippen molar-refractivity contribution in [1.29, 1.82) is 0 Å². The number of nitrogens with zero attached hydrogens (tertiary/aromatic N) is 5. The number of anilines is 2. The van der Waals surface area contributed by atoms with Gasteiger partial charge in [0.15, 0.2) is 5.13 Å². The van der Waals surface area contributed by atoms with Crippen molar-refractivity contribution >= 4 is 22.3 Å². The van der Waals surface area contributed by atoms with Crippen LogP contribution < -0.4 is 5.32 Å². The highest BCUT2D eigenvalue weighted by Crippen LogP contribution is 2.34. The topological polar surface area (TPSA) is 58.9 Å². The van der Waals surface area contributed by atoms with Crippen molar-refractivity contribution in [1.82, 2.24) is 24.6 Å². The SMILES string of the molecule is Cc1cnc(Nc2cccc([C@H]3CCCN3Cc3c(C)nn(C(C)C)c3C)n2)s1. The van der Waals surface area contributed by atoms with Crippen LogP contribution in [0.3, 0.4) is 0 Å². The van der Waals surface area contributed by atoms with Gasteiger partial charge in [-0.15, -0.1) is 11.3 Å². The van der Waals surface area contributed by atoms with Gasteiger partial charge in [0.25, 0.3) is 0 Å². The van der Waals surface area contributed by atoms with Gasteiger partial charge in [0.05, 0.1) is 17.4 Å². The van der Waals surface area contributed by atoms with Gasteiger partial charge in [0.2, 0.25) is 0 Å². The van der Waals surface area contributed by atoms with Gasteiger partial charge in [-0.1, -0.05) is 6.07 Å². The van der Waals surface area contributed by atoms with E-state index in [-0.39, 0.29) is 0 Å². The highest BCUT2D eigenvalue weighted by molar-refractivity contribution is 7.15. The van der Waals surface area contributed by atoms with Gasteiger partial charge < -0.3 is 5.32 Å². The van der Waals surface area contributed by atoms with Crippen LogP contribution in [-0.2, 0) is 6.54 Å². The molecule has 0 aromatic carbocycles. The first-order chi connectivity index (χ1) is 13.9. The van der Waals surface area contributed by atoms with Gasteiger partial charge in [-0.3, -0.25) is 9.58 Å². The molecule has 3 aromatic heterocycles. The number of aryl methyl sites for hydroxylation is 2. The third-order valence-corrected chi connectivity index (χ3v) is 6.49. The zero-order valence-electron chi connectivity index (χ0n) is 17.9. The van der Waals surface area contributed by atoms with Crippen LogP contribution in [0.2, 0.25) is 0 Å². The summed E-state index contributed by atoms with van der Waals surface area (Å²) in [7, 11) is 0. The molecule has 0 bridgehead atoms. The molecule has 1 N–H and O–H groups in total. The fourth-order valence-corrected chi connectivity index (χ4v) is 4.88. The molecule has 1 atom stereocenters. The van der Waals surface area contributed by atoms with Gasteiger partial charge in [0.1, 0.15) is 5.82 Å². The Hall–Kier alpha value is -2.25. The van der Waals surface area contributed by atoms with Crippen LogP contribution in [0.25, 0.3) is 0 Å². The fraction of sp³-hybridized carbons (Fsp3) is 0.500. The second-order valence-corrected chi connectivity index (χ2v) is 9.40. The van der Waals surface area contributed by atoms with E-state index in [1.54, 1.807) is 11.3 Å². The van der Waals surface area contributed by atoms with E-state index < -0.39 is 0 Å². The minimum Gasteiger partial charge on any atom is -0.316 e. The Morgan fingerprint density at radius 3 is 2.76 bits per heavy atom. The van der Waals surface area contributed by atoms with Crippen molar-refractivity contribution in [2.24, 2.45) is 0 Å². The smallest absolute Gasteiger partial charge is 0.188 e. The van der Waals surface area contributed by atoms with E-state index in [0.29, 0.717) is 12.1 Å².